The summed E-state index contributed by atoms with van der Waals surface area (Å²) in [6.07, 6.45) is 8.11. The smallest absolute Gasteiger partial charge is 0.0545 e. The summed E-state index contributed by atoms with van der Waals surface area (Å²) in [5.41, 5.74) is 0.482. The Balaban J connectivity index is 1.52. The summed E-state index contributed by atoms with van der Waals surface area (Å²) in [7, 11) is 4.63. The van der Waals surface area contributed by atoms with Gasteiger partial charge in [0.25, 0.3) is 0 Å². The van der Waals surface area contributed by atoms with E-state index in [9.17, 15) is 0 Å². The summed E-state index contributed by atoms with van der Waals surface area (Å²) >= 11 is 0. The van der Waals surface area contributed by atoms with E-state index in [4.69, 9.17) is 4.74 Å². The van der Waals surface area contributed by atoms with Gasteiger partial charge in [-0.15, -0.1) is 0 Å². The van der Waals surface area contributed by atoms with E-state index >= 15 is 0 Å². The fourth-order valence-electron chi connectivity index (χ4n) is 5.39. The maximum Gasteiger partial charge on any atom is 0.0545 e. The molecule has 4 heteroatoms. The lowest BCUT2D eigenvalue weighted by Gasteiger charge is -2.45. The molecule has 32 heavy (non-hydrogen) atoms. The molecule has 2 fully saturated rings. The van der Waals surface area contributed by atoms with Gasteiger partial charge in [0, 0.05) is 37.6 Å². The predicted octanol–water partition coefficient (Wildman–Crippen LogP) is 5.48. The fourth-order valence-corrected chi connectivity index (χ4v) is 5.39. The van der Waals surface area contributed by atoms with Crippen LogP contribution in [-0.2, 0) is 4.74 Å². The largest absolute Gasteiger partial charge is 0.380 e. The normalized spacial score (nSPS) is 21.4. The Kier molecular flexibility index (Phi) is 12.0. The molecule has 0 N–H and O–H groups in total. The number of hydrogen-bond donors (Lipinski definition) is 0. The lowest BCUT2D eigenvalue weighted by Crippen LogP contribution is -2.58. The molecular formula is C28H57N3O. The van der Waals surface area contributed by atoms with E-state index in [1.807, 2.05) is 0 Å². The first kappa shape index (κ1) is 28.1. The van der Waals surface area contributed by atoms with Gasteiger partial charge in [-0.2, -0.15) is 0 Å². The minimum Gasteiger partial charge on any atom is -0.380 e. The van der Waals surface area contributed by atoms with Crippen LogP contribution < -0.4 is 0 Å². The van der Waals surface area contributed by atoms with Gasteiger partial charge in [-0.3, -0.25) is 0 Å². The Morgan fingerprint density at radius 1 is 0.812 bits per heavy atom. The topological polar surface area (TPSA) is 19.0 Å². The van der Waals surface area contributed by atoms with E-state index in [-0.39, 0.29) is 0 Å². The third-order valence-corrected chi connectivity index (χ3v) is 8.02. The highest BCUT2D eigenvalue weighted by molar-refractivity contribution is 4.88. The Morgan fingerprint density at radius 2 is 1.47 bits per heavy atom. The molecule has 0 aliphatic carbocycles. The van der Waals surface area contributed by atoms with E-state index in [0.29, 0.717) is 5.41 Å². The van der Waals surface area contributed by atoms with Crippen LogP contribution in [0.2, 0.25) is 0 Å². The zero-order valence-electron chi connectivity index (χ0n) is 23.0. The van der Waals surface area contributed by atoms with Gasteiger partial charge in [0.2, 0.25) is 0 Å². The number of likely N-dealkylation sites (N-methyl/N-ethyl adjacent to an activating group) is 1. The summed E-state index contributed by atoms with van der Waals surface area (Å²) in [4.78, 5) is 7.81. The Hall–Kier alpha value is -0.160. The standard InChI is InChI=1S/C28H57N3O/c1-23(2)11-13-28(21-32-22-28)14-16-29(7)18-26(6)10-9-25(5)12-15-31-19-27(20-31)30(8)17-24(3)4/h23-27H,9-22H2,1-8H3. The first-order valence-corrected chi connectivity index (χ1v) is 13.8. The van der Waals surface area contributed by atoms with Gasteiger partial charge in [-0.05, 0) is 76.5 Å². The van der Waals surface area contributed by atoms with Crippen LogP contribution in [0.5, 0.6) is 0 Å². The zero-order chi connectivity index (χ0) is 23.7. The molecule has 0 aromatic carbocycles. The highest BCUT2D eigenvalue weighted by Gasteiger charge is 2.38. The molecule has 0 spiro atoms. The number of ether oxygens (including phenoxy) is 1. The minimum atomic E-state index is 0.482. The molecule has 2 atom stereocenters. The summed E-state index contributed by atoms with van der Waals surface area (Å²) in [6.45, 7) is 23.8. The second-order valence-corrected chi connectivity index (χ2v) is 12.8. The lowest BCUT2D eigenvalue weighted by atomic mass is 9.76. The molecule has 0 amide bonds. The molecule has 2 aliphatic heterocycles. The Bertz CT molecular complexity index is 499. The van der Waals surface area contributed by atoms with Crippen LogP contribution in [0.15, 0.2) is 0 Å². The second kappa shape index (κ2) is 13.7. The molecule has 2 unspecified atom stereocenters. The van der Waals surface area contributed by atoms with Crippen molar-refractivity contribution < 1.29 is 4.74 Å². The highest BCUT2D eigenvalue weighted by atomic mass is 16.5. The SMILES string of the molecule is CC(C)CCC1(CCN(C)CC(C)CCC(C)CCN2CC(N(C)CC(C)C)C2)COC1. The fraction of sp³-hybridized carbons (Fsp3) is 1.00. The minimum absolute atomic E-state index is 0.482. The molecule has 4 nitrogen and oxygen atoms in total. The van der Waals surface area contributed by atoms with E-state index < -0.39 is 0 Å². The van der Waals surface area contributed by atoms with Crippen molar-refractivity contribution in [1.29, 1.82) is 0 Å². The van der Waals surface area contributed by atoms with Gasteiger partial charge < -0.3 is 19.4 Å². The van der Waals surface area contributed by atoms with Crippen molar-refractivity contribution in [1.82, 2.24) is 14.7 Å². The average Bonchev–Trinajstić information content (AvgIpc) is 2.63. The molecule has 0 saturated carbocycles. The third kappa shape index (κ3) is 9.99. The maximum atomic E-state index is 5.61. The molecule has 2 saturated heterocycles. The van der Waals surface area contributed by atoms with E-state index in [0.717, 1.165) is 42.9 Å². The summed E-state index contributed by atoms with van der Waals surface area (Å²) in [6, 6.07) is 0.791. The van der Waals surface area contributed by atoms with Gasteiger partial charge >= 0.3 is 0 Å². The molecule has 2 heterocycles. The first-order valence-electron chi connectivity index (χ1n) is 13.8. The molecule has 0 aromatic rings. The van der Waals surface area contributed by atoms with Crippen LogP contribution in [0.1, 0.15) is 80.1 Å². The third-order valence-electron chi connectivity index (χ3n) is 8.02. The quantitative estimate of drug-likeness (QED) is 0.292. The molecule has 0 bridgehead atoms. The van der Waals surface area contributed by atoms with E-state index in [2.05, 4.69) is 70.3 Å². The van der Waals surface area contributed by atoms with Gasteiger partial charge in [0.15, 0.2) is 0 Å². The van der Waals surface area contributed by atoms with Crippen molar-refractivity contribution in [2.24, 2.45) is 29.1 Å². The van der Waals surface area contributed by atoms with Crippen LogP contribution in [0.25, 0.3) is 0 Å². The number of likely N-dealkylation sites (tertiary alicyclic amines) is 1. The first-order chi connectivity index (χ1) is 15.1. The van der Waals surface area contributed by atoms with Gasteiger partial charge in [-0.1, -0.05) is 54.4 Å². The predicted molar refractivity (Wildman–Crippen MR) is 139 cm³/mol. The number of nitrogens with zero attached hydrogens (tertiary/aromatic N) is 3. The van der Waals surface area contributed by atoms with Crippen LogP contribution >= 0.6 is 0 Å². The van der Waals surface area contributed by atoms with Crippen LogP contribution in [-0.4, -0.2) is 87.3 Å². The molecule has 2 aliphatic rings. The molecule has 0 radical (unpaired) electrons. The van der Waals surface area contributed by atoms with Crippen molar-refractivity contribution in [2.45, 2.75) is 86.1 Å². The van der Waals surface area contributed by atoms with Crippen molar-refractivity contribution in [3.8, 4) is 0 Å². The maximum absolute atomic E-state index is 5.61. The second-order valence-electron chi connectivity index (χ2n) is 12.8. The summed E-state index contributed by atoms with van der Waals surface area (Å²) < 4.78 is 5.61. The van der Waals surface area contributed by atoms with Gasteiger partial charge in [-0.25, -0.2) is 0 Å². The number of rotatable bonds is 17. The van der Waals surface area contributed by atoms with Crippen LogP contribution in [0.4, 0.5) is 0 Å². The lowest BCUT2D eigenvalue weighted by molar-refractivity contribution is -0.126. The van der Waals surface area contributed by atoms with Crippen molar-refractivity contribution >= 4 is 0 Å². The Labute approximate surface area is 201 Å². The van der Waals surface area contributed by atoms with Crippen LogP contribution in [0, 0.1) is 29.1 Å². The van der Waals surface area contributed by atoms with Crippen molar-refractivity contribution in [2.75, 3.05) is 66.6 Å². The molecular weight excluding hydrogens is 394 g/mol. The van der Waals surface area contributed by atoms with Crippen LogP contribution in [0.3, 0.4) is 0 Å². The molecule has 2 rings (SSSR count). The molecule has 0 aromatic heterocycles. The van der Waals surface area contributed by atoms with E-state index in [1.54, 1.807) is 0 Å². The monoisotopic (exact) mass is 451 g/mol. The average molecular weight is 452 g/mol. The highest BCUT2D eigenvalue weighted by Crippen LogP contribution is 2.37. The summed E-state index contributed by atoms with van der Waals surface area (Å²) in [5.74, 6) is 3.22. The number of hydrogen-bond acceptors (Lipinski definition) is 4. The van der Waals surface area contributed by atoms with E-state index in [1.165, 1.54) is 77.8 Å². The zero-order valence-corrected chi connectivity index (χ0v) is 23.0. The van der Waals surface area contributed by atoms with Crippen molar-refractivity contribution in [3.05, 3.63) is 0 Å². The Morgan fingerprint density at radius 3 is 2.03 bits per heavy atom. The molecule has 190 valence electrons. The van der Waals surface area contributed by atoms with Gasteiger partial charge in [0.1, 0.15) is 0 Å². The van der Waals surface area contributed by atoms with Gasteiger partial charge in [0.05, 0.1) is 13.2 Å². The van der Waals surface area contributed by atoms with Crippen molar-refractivity contribution in [3.63, 3.8) is 0 Å². The summed E-state index contributed by atoms with van der Waals surface area (Å²) in [5, 5.41) is 0.